The maximum Gasteiger partial charge on any atom is 0.118 e. The molecule has 0 bridgehead atoms. The lowest BCUT2D eigenvalue weighted by Gasteiger charge is -2.18. The molecule has 0 amide bonds. The molecule has 0 spiro atoms. The highest BCUT2D eigenvalue weighted by Gasteiger charge is 2.18. The van der Waals surface area contributed by atoms with Crippen LogP contribution in [0.15, 0.2) is 5.38 Å². The van der Waals surface area contributed by atoms with Crippen LogP contribution in [0, 0.1) is 0 Å². The maximum atomic E-state index is 8.89. The summed E-state index contributed by atoms with van der Waals surface area (Å²) in [7, 11) is 0. The Morgan fingerprint density at radius 1 is 1.62 bits per heavy atom. The average Bonchev–Trinajstić information content (AvgIpc) is 2.67. The zero-order chi connectivity index (χ0) is 9.10. The van der Waals surface area contributed by atoms with Crippen LogP contribution >= 0.6 is 23.1 Å². The highest BCUT2D eigenvalue weighted by Crippen LogP contribution is 2.31. The van der Waals surface area contributed by atoms with Crippen LogP contribution in [-0.4, -0.2) is 21.6 Å². The first-order valence-electron chi connectivity index (χ1n) is 4.53. The van der Waals surface area contributed by atoms with Gasteiger partial charge in [-0.05, 0) is 18.6 Å². The van der Waals surface area contributed by atoms with E-state index in [0.29, 0.717) is 5.92 Å². The van der Waals surface area contributed by atoms with Crippen LogP contribution in [0.3, 0.4) is 0 Å². The molecular formula is C9H13NOS2. The Labute approximate surface area is 86.4 Å². The van der Waals surface area contributed by atoms with Crippen LogP contribution in [0.2, 0.25) is 0 Å². The molecule has 0 saturated carbocycles. The van der Waals surface area contributed by atoms with Gasteiger partial charge in [0.2, 0.25) is 0 Å². The first-order chi connectivity index (χ1) is 6.40. The Kier molecular flexibility index (Phi) is 3.24. The minimum Gasteiger partial charge on any atom is -0.389 e. The summed E-state index contributed by atoms with van der Waals surface area (Å²) in [6.45, 7) is 0.0878. The summed E-state index contributed by atoms with van der Waals surface area (Å²) in [6, 6.07) is 0. The molecule has 72 valence electrons. The number of aliphatic hydroxyl groups excluding tert-OH is 1. The van der Waals surface area contributed by atoms with Crippen LogP contribution in [0.4, 0.5) is 0 Å². The van der Waals surface area contributed by atoms with Gasteiger partial charge in [-0.15, -0.1) is 11.3 Å². The topological polar surface area (TPSA) is 33.1 Å². The number of hydrogen-bond acceptors (Lipinski definition) is 4. The standard InChI is InChI=1S/C9H13NOS2/c11-4-9-10-8(6-13-9)7-2-1-3-12-5-7/h6-7,11H,1-5H2. The average molecular weight is 215 g/mol. The summed E-state index contributed by atoms with van der Waals surface area (Å²) in [6.07, 6.45) is 2.57. The van der Waals surface area contributed by atoms with E-state index < -0.39 is 0 Å². The molecule has 0 aliphatic carbocycles. The van der Waals surface area contributed by atoms with Gasteiger partial charge in [-0.2, -0.15) is 11.8 Å². The van der Waals surface area contributed by atoms with Crippen molar-refractivity contribution >= 4 is 23.1 Å². The van der Waals surface area contributed by atoms with Gasteiger partial charge in [-0.25, -0.2) is 4.98 Å². The van der Waals surface area contributed by atoms with Gasteiger partial charge in [0.15, 0.2) is 0 Å². The molecule has 2 heterocycles. The summed E-state index contributed by atoms with van der Waals surface area (Å²) < 4.78 is 0. The van der Waals surface area contributed by atoms with Gasteiger partial charge >= 0.3 is 0 Å². The quantitative estimate of drug-likeness (QED) is 0.821. The van der Waals surface area contributed by atoms with E-state index in [1.165, 1.54) is 30.0 Å². The first-order valence-corrected chi connectivity index (χ1v) is 6.56. The van der Waals surface area contributed by atoms with Gasteiger partial charge in [-0.1, -0.05) is 0 Å². The molecule has 1 aromatic heterocycles. The molecule has 0 aromatic carbocycles. The Balaban J connectivity index is 2.05. The van der Waals surface area contributed by atoms with E-state index >= 15 is 0 Å². The Morgan fingerprint density at radius 2 is 2.54 bits per heavy atom. The zero-order valence-corrected chi connectivity index (χ0v) is 9.03. The Hall–Kier alpha value is -0.0600. The number of nitrogens with zero attached hydrogens (tertiary/aromatic N) is 1. The number of rotatable bonds is 2. The number of hydrogen-bond donors (Lipinski definition) is 1. The molecule has 1 unspecified atom stereocenters. The van der Waals surface area contributed by atoms with Crippen molar-refractivity contribution in [1.82, 2.24) is 4.98 Å². The second kappa shape index (κ2) is 4.44. The van der Waals surface area contributed by atoms with Crippen molar-refractivity contribution in [2.24, 2.45) is 0 Å². The molecule has 2 rings (SSSR count). The fourth-order valence-corrected chi connectivity index (χ4v) is 3.45. The predicted molar refractivity (Wildman–Crippen MR) is 57.3 cm³/mol. The lowest BCUT2D eigenvalue weighted by atomic mass is 10.0. The normalized spacial score (nSPS) is 23.3. The molecule has 1 aliphatic rings. The van der Waals surface area contributed by atoms with Gasteiger partial charge < -0.3 is 5.11 Å². The number of thiazole rings is 1. The summed E-state index contributed by atoms with van der Waals surface area (Å²) in [5, 5.41) is 11.8. The van der Waals surface area contributed by atoms with Crippen molar-refractivity contribution in [3.8, 4) is 0 Å². The monoisotopic (exact) mass is 215 g/mol. The zero-order valence-electron chi connectivity index (χ0n) is 7.40. The molecular weight excluding hydrogens is 202 g/mol. The van der Waals surface area contributed by atoms with Gasteiger partial charge in [0.1, 0.15) is 5.01 Å². The van der Waals surface area contributed by atoms with Gasteiger partial charge in [-0.3, -0.25) is 0 Å². The second-order valence-electron chi connectivity index (χ2n) is 3.24. The van der Waals surface area contributed by atoms with Gasteiger partial charge in [0.05, 0.1) is 12.3 Å². The third-order valence-electron chi connectivity index (χ3n) is 2.28. The van der Waals surface area contributed by atoms with Crippen LogP contribution in [0.1, 0.15) is 29.5 Å². The van der Waals surface area contributed by atoms with Gasteiger partial charge in [0, 0.05) is 17.1 Å². The van der Waals surface area contributed by atoms with E-state index in [1.54, 1.807) is 11.3 Å². The van der Waals surface area contributed by atoms with Crippen molar-refractivity contribution < 1.29 is 5.11 Å². The molecule has 13 heavy (non-hydrogen) atoms. The molecule has 1 fully saturated rings. The number of aliphatic hydroxyl groups is 1. The first kappa shape index (κ1) is 9.49. The lowest BCUT2D eigenvalue weighted by molar-refractivity contribution is 0.281. The van der Waals surface area contributed by atoms with Crippen LogP contribution in [-0.2, 0) is 6.61 Å². The van der Waals surface area contributed by atoms with E-state index in [1.807, 2.05) is 11.8 Å². The lowest BCUT2D eigenvalue weighted by Crippen LogP contribution is -2.08. The fourth-order valence-electron chi connectivity index (χ4n) is 1.56. The highest BCUT2D eigenvalue weighted by molar-refractivity contribution is 7.99. The maximum absolute atomic E-state index is 8.89. The highest BCUT2D eigenvalue weighted by atomic mass is 32.2. The predicted octanol–water partition coefficient (Wildman–Crippen LogP) is 2.25. The smallest absolute Gasteiger partial charge is 0.118 e. The minimum atomic E-state index is 0.0878. The van der Waals surface area contributed by atoms with Gasteiger partial charge in [0.25, 0.3) is 0 Å². The SMILES string of the molecule is OCc1nc(C2CCCSC2)cs1. The number of thioether (sulfide) groups is 1. The largest absolute Gasteiger partial charge is 0.389 e. The van der Waals surface area contributed by atoms with Crippen LogP contribution in [0.5, 0.6) is 0 Å². The number of aromatic nitrogens is 1. The van der Waals surface area contributed by atoms with Crippen LogP contribution in [0.25, 0.3) is 0 Å². The summed E-state index contributed by atoms with van der Waals surface area (Å²) >= 11 is 3.59. The third-order valence-corrected chi connectivity index (χ3v) is 4.35. The summed E-state index contributed by atoms with van der Waals surface area (Å²) in [5.74, 6) is 3.14. The van der Waals surface area contributed by atoms with E-state index in [-0.39, 0.29) is 6.61 Å². The molecule has 1 atom stereocenters. The third kappa shape index (κ3) is 2.24. The van der Waals surface area contributed by atoms with E-state index in [0.717, 1.165) is 5.01 Å². The van der Waals surface area contributed by atoms with Crippen molar-refractivity contribution in [3.05, 3.63) is 16.1 Å². The molecule has 2 nitrogen and oxygen atoms in total. The summed E-state index contributed by atoms with van der Waals surface area (Å²) in [5.41, 5.74) is 1.20. The molecule has 1 N–H and O–H groups in total. The van der Waals surface area contributed by atoms with E-state index in [9.17, 15) is 0 Å². The summed E-state index contributed by atoms with van der Waals surface area (Å²) in [4.78, 5) is 4.41. The van der Waals surface area contributed by atoms with Crippen molar-refractivity contribution in [3.63, 3.8) is 0 Å². The van der Waals surface area contributed by atoms with Crippen molar-refractivity contribution in [2.75, 3.05) is 11.5 Å². The fraction of sp³-hybridized carbons (Fsp3) is 0.667. The van der Waals surface area contributed by atoms with Crippen molar-refractivity contribution in [2.45, 2.75) is 25.4 Å². The Morgan fingerprint density at radius 3 is 3.15 bits per heavy atom. The molecule has 1 aromatic rings. The van der Waals surface area contributed by atoms with Crippen LogP contribution < -0.4 is 0 Å². The molecule has 1 saturated heterocycles. The molecule has 1 aliphatic heterocycles. The Bertz CT molecular complexity index is 268. The minimum absolute atomic E-state index is 0.0878. The second-order valence-corrected chi connectivity index (χ2v) is 5.33. The van der Waals surface area contributed by atoms with E-state index in [2.05, 4.69) is 10.4 Å². The molecule has 0 radical (unpaired) electrons. The van der Waals surface area contributed by atoms with E-state index in [4.69, 9.17) is 5.11 Å². The van der Waals surface area contributed by atoms with Crippen molar-refractivity contribution in [1.29, 1.82) is 0 Å². The molecule has 4 heteroatoms.